The van der Waals surface area contributed by atoms with Crippen LogP contribution in [0.25, 0.3) is 0 Å². The minimum absolute atomic E-state index is 0. The van der Waals surface area contributed by atoms with Gasteiger partial charge in [0, 0.05) is 0 Å². The quantitative estimate of drug-likeness (QED) is 0.261. The van der Waals surface area contributed by atoms with E-state index in [4.69, 9.17) is 56.2 Å². The van der Waals surface area contributed by atoms with Gasteiger partial charge in [-0.25, -0.2) is 67.2 Å². The zero-order valence-corrected chi connectivity index (χ0v) is 31.6. The molecule has 2 aromatic rings. The molecule has 0 saturated heterocycles. The van der Waals surface area contributed by atoms with Gasteiger partial charge < -0.3 is 18.9 Å². The number of pyridine rings is 2. The van der Waals surface area contributed by atoms with Crippen molar-refractivity contribution in [3.63, 3.8) is 0 Å². The summed E-state index contributed by atoms with van der Waals surface area (Å²) in [6, 6.07) is 11.4. The Labute approximate surface area is 309 Å². The molecule has 21 heteroatoms. The average Bonchev–Trinajstić information content (AvgIpc) is 3.72. The molecule has 6 rings (SSSR count). The van der Waals surface area contributed by atoms with Gasteiger partial charge in [0.05, 0.1) is 22.2 Å². The zero-order valence-electron chi connectivity index (χ0n) is 29.0. The van der Waals surface area contributed by atoms with Gasteiger partial charge in [0.1, 0.15) is 49.2 Å². The van der Waals surface area contributed by atoms with E-state index in [0.717, 1.165) is 22.8 Å². The second-order valence-electron chi connectivity index (χ2n) is 13.6. The molecule has 0 N–H and O–H groups in total. The molecule has 6 heterocycles. The van der Waals surface area contributed by atoms with Crippen LogP contribution in [-0.4, -0.2) is 82.1 Å². The number of hydrogen-bond donors (Lipinski definition) is 0. The van der Waals surface area contributed by atoms with Crippen molar-refractivity contribution in [2.75, 3.05) is 26.4 Å². The number of aromatic nitrogens is 2. The summed E-state index contributed by atoms with van der Waals surface area (Å²) in [6.07, 6.45) is 0. The molecule has 0 aromatic carbocycles. The van der Waals surface area contributed by atoms with E-state index in [1.165, 1.54) is 0 Å². The summed E-state index contributed by atoms with van der Waals surface area (Å²) in [5.74, 6) is 2.37. The van der Waals surface area contributed by atoms with Crippen LogP contribution >= 0.6 is 0 Å². The normalized spacial score (nSPS) is 20.2. The molecule has 0 aliphatic carbocycles. The summed E-state index contributed by atoms with van der Waals surface area (Å²) in [5, 5.41) is 0. The molecular weight excluding hydrogens is 763 g/mol. The Hall–Kier alpha value is -3.04. The first-order valence-electron chi connectivity index (χ1n) is 14.8. The Morgan fingerprint density at radius 1 is 0.431 bits per heavy atom. The Kier molecular flexibility index (Phi) is 14.5. The monoisotopic (exact) mass is 800 g/mol. The summed E-state index contributed by atoms with van der Waals surface area (Å²) < 4.78 is 90.4. The van der Waals surface area contributed by atoms with Crippen molar-refractivity contribution in [1.29, 1.82) is 0 Å². The van der Waals surface area contributed by atoms with Crippen molar-refractivity contribution in [2.24, 2.45) is 20.0 Å². The fourth-order valence-corrected chi connectivity index (χ4v) is 4.21. The van der Waals surface area contributed by atoms with Crippen molar-refractivity contribution in [3.05, 3.63) is 59.2 Å². The number of aliphatic imine (C=N–C) groups is 4. The Bertz CT molecular complexity index is 1410. The second kappa shape index (κ2) is 16.7. The topological polar surface area (TPSA) is 297 Å². The minimum atomic E-state index is -4.94. The van der Waals surface area contributed by atoms with E-state index in [-0.39, 0.29) is 39.2 Å². The first kappa shape index (κ1) is 44.1. The second-order valence-corrected chi connectivity index (χ2v) is 15.2. The van der Waals surface area contributed by atoms with Crippen LogP contribution < -0.4 is 37.3 Å². The van der Waals surface area contributed by atoms with Gasteiger partial charge in [-0.2, -0.15) is 0 Å². The van der Waals surface area contributed by atoms with Crippen LogP contribution in [0.2, 0.25) is 0 Å². The van der Waals surface area contributed by atoms with Gasteiger partial charge in [0.15, 0.2) is 0 Å². The van der Waals surface area contributed by atoms with Gasteiger partial charge in [-0.05, 0) is 79.7 Å². The van der Waals surface area contributed by atoms with E-state index < -0.39 is 20.5 Å². The summed E-state index contributed by atoms with van der Waals surface area (Å²) in [5.41, 5.74) is 2.17. The third-order valence-corrected chi connectivity index (χ3v) is 6.24. The molecule has 282 valence electrons. The summed E-state index contributed by atoms with van der Waals surface area (Å²) in [7, 11) is -9.89. The maximum atomic E-state index is 8.49. The number of ether oxygens (including phenoxy) is 4. The van der Waals surface area contributed by atoms with Crippen LogP contribution in [0.4, 0.5) is 0 Å². The van der Waals surface area contributed by atoms with Gasteiger partial charge >= 0.3 is 17.1 Å². The smallest absolute Gasteiger partial charge is 0.474 e. The van der Waals surface area contributed by atoms with E-state index in [2.05, 4.69) is 29.9 Å². The minimum Gasteiger partial charge on any atom is -0.474 e. The third kappa shape index (κ3) is 16.0. The number of rotatable bonds is 4. The predicted octanol–water partition coefficient (Wildman–Crippen LogP) is -5.13. The number of halogens is 2. The standard InChI is InChI=1S/2C15H19N3O2.2ClHO4.Fe/c2*1-14(2)8-19-12(17-14)10-6-5-7-11(16-10)13-18-15(3,4)9-20-13;2*2-1(3,4)5;/h2*5-7H,8-9H2,1-4H3;2*(H,2,3,4,5);/q;;;;+2/p-2. The first-order chi connectivity index (χ1) is 22.7. The molecule has 0 saturated carbocycles. The van der Waals surface area contributed by atoms with Crippen molar-refractivity contribution in [3.8, 4) is 0 Å². The molecule has 0 unspecified atom stereocenters. The van der Waals surface area contributed by atoms with E-state index in [1.807, 2.05) is 91.8 Å². The van der Waals surface area contributed by atoms with E-state index >= 15 is 0 Å². The Balaban J connectivity index is 0.000000276. The molecule has 0 bridgehead atoms. The first-order valence-corrected chi connectivity index (χ1v) is 17.3. The van der Waals surface area contributed by atoms with E-state index in [0.29, 0.717) is 50.0 Å². The number of hydrogen-bond acceptors (Lipinski definition) is 18. The molecule has 0 amide bonds. The molecule has 4 aliphatic rings. The molecule has 0 atom stereocenters. The molecule has 18 nitrogen and oxygen atoms in total. The Morgan fingerprint density at radius 3 is 0.745 bits per heavy atom. The van der Waals surface area contributed by atoms with Crippen LogP contribution in [0.1, 0.15) is 78.2 Å². The van der Waals surface area contributed by atoms with Crippen LogP contribution in [0, 0.1) is 20.5 Å². The molecule has 0 radical (unpaired) electrons. The molecular formula is C30H38Cl2FeN6O12. The van der Waals surface area contributed by atoms with Gasteiger partial charge in [-0.15, -0.1) is 20.5 Å². The van der Waals surface area contributed by atoms with Gasteiger partial charge in [-0.3, -0.25) is 0 Å². The third-order valence-electron chi connectivity index (χ3n) is 6.24. The predicted molar refractivity (Wildman–Crippen MR) is 155 cm³/mol. The van der Waals surface area contributed by atoms with E-state index in [1.54, 1.807) is 0 Å². The molecule has 0 fully saturated rings. The molecule has 4 aliphatic heterocycles. The van der Waals surface area contributed by atoms with Gasteiger partial charge in [-0.1, -0.05) is 12.1 Å². The Morgan fingerprint density at radius 2 is 0.608 bits per heavy atom. The van der Waals surface area contributed by atoms with Crippen LogP contribution in [0.15, 0.2) is 56.4 Å². The molecule has 51 heavy (non-hydrogen) atoms. The van der Waals surface area contributed by atoms with Crippen molar-refractivity contribution >= 4 is 23.6 Å². The largest absolute Gasteiger partial charge is 2.00 e. The van der Waals surface area contributed by atoms with Crippen molar-refractivity contribution < 1.29 is 93.8 Å². The summed E-state index contributed by atoms with van der Waals surface area (Å²) >= 11 is 0. The molecule has 2 aromatic heterocycles. The van der Waals surface area contributed by atoms with Gasteiger partial charge in [0.2, 0.25) is 23.6 Å². The fourth-order valence-electron chi connectivity index (χ4n) is 4.21. The zero-order chi connectivity index (χ0) is 37.8. The van der Waals surface area contributed by atoms with Crippen LogP contribution in [0.3, 0.4) is 0 Å². The van der Waals surface area contributed by atoms with E-state index in [9.17, 15) is 0 Å². The van der Waals surface area contributed by atoms with Crippen LogP contribution in [0.5, 0.6) is 0 Å². The summed E-state index contributed by atoms with van der Waals surface area (Å²) in [6.45, 7) is 18.6. The SMILES string of the molecule is CC1(C)COC(c2cccc(C3=NC(C)(C)CO3)n2)=N1.CC1(C)COC(c2cccc(C3=NC(C)(C)CO3)n2)=N1.[Fe+2].[O-][Cl+3]([O-])([O-])[O-].[O-][Cl+3]([O-])([O-])[O-]. The maximum absolute atomic E-state index is 8.49. The van der Waals surface area contributed by atoms with Crippen molar-refractivity contribution in [1.82, 2.24) is 9.97 Å². The molecule has 0 spiro atoms. The van der Waals surface area contributed by atoms with Crippen molar-refractivity contribution in [2.45, 2.75) is 77.5 Å². The fraction of sp³-hybridized carbons (Fsp3) is 0.533. The van der Waals surface area contributed by atoms with Crippen LogP contribution in [-0.2, 0) is 36.0 Å². The average molecular weight is 801 g/mol. The maximum Gasteiger partial charge on any atom is 2.00 e. The number of nitrogens with zero attached hydrogens (tertiary/aromatic N) is 6. The summed E-state index contributed by atoms with van der Waals surface area (Å²) in [4.78, 5) is 27.3. The van der Waals surface area contributed by atoms with Gasteiger partial charge in [0.25, 0.3) is 0 Å².